The summed E-state index contributed by atoms with van der Waals surface area (Å²) in [6.07, 6.45) is 11.9. The van der Waals surface area contributed by atoms with Gasteiger partial charge >= 0.3 is 12.1 Å². The number of imide groups is 1. The van der Waals surface area contributed by atoms with E-state index in [1.54, 1.807) is 71.5 Å². The van der Waals surface area contributed by atoms with Gasteiger partial charge in [0.1, 0.15) is 30.3 Å². The number of ether oxygens (including phenoxy) is 3. The van der Waals surface area contributed by atoms with E-state index in [2.05, 4.69) is 40.1 Å². The molecular weight excluding hydrogens is 1220 g/mol. The number of nitrogens with zero attached hydrogens (tertiary/aromatic N) is 7. The number of carboxylic acid groups (broad SMARTS) is 1. The molecule has 5 heterocycles. The van der Waals surface area contributed by atoms with Gasteiger partial charge in [-0.15, -0.1) is 0 Å². The minimum Gasteiger partial charge on any atom is -0.497 e. The van der Waals surface area contributed by atoms with Crippen molar-refractivity contribution in [3.8, 4) is 16.9 Å². The fourth-order valence-corrected chi connectivity index (χ4v) is 16.7. The van der Waals surface area contributed by atoms with E-state index in [4.69, 9.17) is 24.3 Å². The van der Waals surface area contributed by atoms with Crippen molar-refractivity contribution < 1.29 is 57.7 Å². The van der Waals surface area contributed by atoms with E-state index in [9.17, 15) is 43.5 Å². The first-order valence-corrected chi connectivity index (χ1v) is 33.1. The van der Waals surface area contributed by atoms with E-state index in [1.165, 1.54) is 28.4 Å². The second-order valence-corrected chi connectivity index (χ2v) is 28.5. The first kappa shape index (κ1) is 66.4. The summed E-state index contributed by atoms with van der Waals surface area (Å²) in [7, 11) is 3.26. The van der Waals surface area contributed by atoms with Crippen molar-refractivity contribution in [2.75, 3.05) is 55.9 Å². The molecule has 4 aliphatic carbocycles. The molecule has 24 heteroatoms. The van der Waals surface area contributed by atoms with Gasteiger partial charge < -0.3 is 45.1 Å². The number of aromatic nitrogens is 4. The van der Waals surface area contributed by atoms with Crippen LogP contribution in [0.15, 0.2) is 91.1 Å². The molecule has 3 aromatic heterocycles. The number of thiazole rings is 1. The number of carboxylic acids is 1. The molecule has 3 aromatic carbocycles. The standard InChI is InChI=1S/C70H83N11O12S/c1-42(2)59(76-56(82)16-10-9-13-26-80-57(83)23-24-58(80)84)63(87)72-43(3)61(85)73-47-19-17-45(18-20-47)34-92-66(90)78(7)28-29-93-70-38-67(5)35-68(6,39-70)37-69(36-67,40-70)41-81-44(4)51(32-71-81)49-21-22-55(75-60(49)64(88)89)79-27-25-46-30-48(91-8)31-50(52(46)33-79)62(86)77-65-74-53-14-11-12-15-54(53)94-65/h11-12,14-15,17-24,30-32,42-43,59H,9-10,13,16,25-29,33-41H2,1-8H3,(H,72,87)(H,73,85)(H,76,82)(H,88,89)(H,74,77,86)/t43-,59?,67?,68?,69?,70?/m0/s1. The van der Waals surface area contributed by atoms with Gasteiger partial charge in [0.05, 0.1) is 35.7 Å². The zero-order valence-electron chi connectivity index (χ0n) is 54.6. The number of amides is 7. The maximum absolute atomic E-state index is 14.0. The van der Waals surface area contributed by atoms with Crippen LogP contribution in [0.2, 0.25) is 0 Å². The van der Waals surface area contributed by atoms with E-state index in [0.717, 1.165) is 70.5 Å². The molecule has 0 spiro atoms. The summed E-state index contributed by atoms with van der Waals surface area (Å²) in [6.45, 7) is 14.3. The van der Waals surface area contributed by atoms with Crippen molar-refractivity contribution in [1.82, 2.24) is 40.2 Å². The van der Waals surface area contributed by atoms with Crippen molar-refractivity contribution in [3.63, 3.8) is 0 Å². The molecule has 6 aliphatic rings. The Bertz CT molecular complexity index is 3900. The van der Waals surface area contributed by atoms with E-state index in [0.29, 0.717) is 103 Å². The Balaban J connectivity index is 0.656. The number of hydrogen-bond acceptors (Lipinski definition) is 16. The van der Waals surface area contributed by atoms with Gasteiger partial charge in [-0.3, -0.25) is 43.7 Å². The predicted molar refractivity (Wildman–Crippen MR) is 354 cm³/mol. The molecule has 2 aliphatic heterocycles. The molecule has 4 bridgehead atoms. The van der Waals surface area contributed by atoms with Crippen molar-refractivity contribution in [2.24, 2.45) is 22.2 Å². The van der Waals surface area contributed by atoms with Gasteiger partial charge in [0.25, 0.3) is 17.7 Å². The number of likely N-dealkylation sites (N-methyl/N-ethyl adjacent to an activating group) is 1. The lowest BCUT2D eigenvalue weighted by Crippen LogP contribution is -2.64. The van der Waals surface area contributed by atoms with E-state index in [1.807, 2.05) is 59.0 Å². The number of methoxy groups -OCH3 is 1. The fraction of sp³-hybridized carbons (Fsp3) is 0.471. The van der Waals surface area contributed by atoms with E-state index >= 15 is 0 Å². The number of nitrogens with one attached hydrogen (secondary N) is 4. The lowest BCUT2D eigenvalue weighted by atomic mass is 9.39. The molecule has 23 nitrogen and oxygen atoms in total. The molecular formula is C70H83N11O12S. The summed E-state index contributed by atoms with van der Waals surface area (Å²) in [5.74, 6) is -2.65. The summed E-state index contributed by atoms with van der Waals surface area (Å²) in [4.78, 5) is 117. The molecule has 4 atom stereocenters. The maximum Gasteiger partial charge on any atom is 0.409 e. The third kappa shape index (κ3) is 14.7. The van der Waals surface area contributed by atoms with Crippen LogP contribution in [0.1, 0.15) is 142 Å². The van der Waals surface area contributed by atoms with Crippen LogP contribution < -0.4 is 30.9 Å². The zero-order chi connectivity index (χ0) is 66.9. The number of para-hydroxylation sites is 1. The lowest BCUT2D eigenvalue weighted by molar-refractivity contribution is -0.248. The Hall–Kier alpha value is -9.03. The highest BCUT2D eigenvalue weighted by Crippen LogP contribution is 2.72. The van der Waals surface area contributed by atoms with Crippen LogP contribution in [0.4, 0.5) is 21.4 Å². The quantitative estimate of drug-likeness (QED) is 0.0249. The number of aromatic carboxylic acids is 1. The van der Waals surface area contributed by atoms with Crippen LogP contribution in [0.3, 0.4) is 0 Å². The number of carbonyl (C=O) groups is 8. The number of anilines is 3. The van der Waals surface area contributed by atoms with Crippen LogP contribution in [0, 0.1) is 29.1 Å². The Kier molecular flexibility index (Phi) is 19.2. The molecule has 6 aromatic rings. The van der Waals surface area contributed by atoms with Crippen molar-refractivity contribution >= 4 is 85.7 Å². The normalized spacial score (nSPS) is 21.7. The van der Waals surface area contributed by atoms with Gasteiger partial charge in [-0.25, -0.2) is 19.6 Å². The molecule has 5 N–H and O–H groups in total. The minimum absolute atomic E-state index is 0.00967. The molecule has 94 heavy (non-hydrogen) atoms. The van der Waals surface area contributed by atoms with Crippen molar-refractivity contribution in [3.05, 3.63) is 125 Å². The Labute approximate surface area is 550 Å². The first-order valence-electron chi connectivity index (χ1n) is 32.3. The largest absolute Gasteiger partial charge is 0.497 e. The summed E-state index contributed by atoms with van der Waals surface area (Å²) >= 11 is 1.40. The number of fused-ring (bicyclic) bond motifs is 2. The second-order valence-electron chi connectivity index (χ2n) is 27.5. The molecule has 0 saturated heterocycles. The van der Waals surface area contributed by atoms with E-state index in [-0.39, 0.29) is 71.1 Å². The predicted octanol–water partition coefficient (Wildman–Crippen LogP) is 9.86. The van der Waals surface area contributed by atoms with Crippen molar-refractivity contribution in [2.45, 2.75) is 150 Å². The summed E-state index contributed by atoms with van der Waals surface area (Å²) in [5, 5.41) is 27.5. The second kappa shape index (κ2) is 27.1. The number of pyridine rings is 1. The first-order chi connectivity index (χ1) is 44.8. The minimum atomic E-state index is -1.16. The smallest absolute Gasteiger partial charge is 0.409 e. The number of rotatable bonds is 26. The maximum atomic E-state index is 14.0. The van der Waals surface area contributed by atoms with Crippen LogP contribution in [0.25, 0.3) is 21.3 Å². The van der Waals surface area contributed by atoms with Crippen molar-refractivity contribution in [1.29, 1.82) is 0 Å². The van der Waals surface area contributed by atoms with Gasteiger partial charge in [0, 0.05) is 86.4 Å². The number of benzene rings is 3. The molecule has 3 unspecified atom stereocenters. The Morgan fingerprint density at radius 1 is 0.819 bits per heavy atom. The number of carbonyl (C=O) groups excluding carboxylic acids is 7. The molecule has 7 amide bonds. The lowest BCUT2D eigenvalue weighted by Gasteiger charge is -2.69. The zero-order valence-corrected chi connectivity index (χ0v) is 55.4. The summed E-state index contributed by atoms with van der Waals surface area (Å²) < 4.78 is 21.3. The van der Waals surface area contributed by atoms with Gasteiger partial charge in [-0.1, -0.05) is 69.7 Å². The van der Waals surface area contributed by atoms with Crippen LogP contribution in [0.5, 0.6) is 5.75 Å². The highest BCUT2D eigenvalue weighted by molar-refractivity contribution is 7.22. The highest BCUT2D eigenvalue weighted by Gasteiger charge is 2.66. The van der Waals surface area contributed by atoms with Crippen LogP contribution in [-0.2, 0) is 59.6 Å². The average Bonchev–Trinajstić information content (AvgIpc) is 0.798. The third-order valence-electron chi connectivity index (χ3n) is 19.2. The number of unbranched alkanes of at least 4 members (excludes halogenated alkanes) is 2. The fourth-order valence-electron chi connectivity index (χ4n) is 15.8. The van der Waals surface area contributed by atoms with Crippen LogP contribution >= 0.6 is 11.3 Å². The molecule has 496 valence electrons. The highest BCUT2D eigenvalue weighted by atomic mass is 32.1. The van der Waals surface area contributed by atoms with Gasteiger partial charge in [-0.05, 0) is 159 Å². The Morgan fingerprint density at radius 2 is 1.55 bits per heavy atom. The molecule has 0 radical (unpaired) electrons. The van der Waals surface area contributed by atoms with Crippen LogP contribution in [-0.4, -0.2) is 140 Å². The third-order valence-corrected chi connectivity index (χ3v) is 20.1. The van der Waals surface area contributed by atoms with Gasteiger partial charge in [0.2, 0.25) is 17.7 Å². The van der Waals surface area contributed by atoms with Gasteiger partial charge in [-0.2, -0.15) is 5.10 Å². The van der Waals surface area contributed by atoms with E-state index < -0.39 is 41.6 Å². The summed E-state index contributed by atoms with van der Waals surface area (Å²) in [5.41, 5.74) is 5.58. The Morgan fingerprint density at radius 3 is 2.26 bits per heavy atom. The number of hydrogen-bond donors (Lipinski definition) is 5. The topological polar surface area (TPSA) is 286 Å². The molecule has 12 rings (SSSR count). The SMILES string of the molecule is COc1cc2c(c(C(=O)Nc3nc4ccccc4s3)c1)CN(c1ccc(-c3cnn(CC45CC6(C)CC(C)(C4)CC(OCCN(C)C(=O)OCc4ccc(NC(=O)[C@H](C)NC(=O)C(NC(=O)CCCCCN7C(=O)C=CC7=O)C(C)C)cc4)(C6)C5)c3C)c(C(=O)O)n1)CC2. The average molecular weight is 1300 g/mol. The molecule has 4 saturated carbocycles. The van der Waals surface area contributed by atoms with Gasteiger partial charge in [0.15, 0.2) is 10.8 Å². The molecule has 4 fully saturated rings. The monoisotopic (exact) mass is 1300 g/mol. The summed E-state index contributed by atoms with van der Waals surface area (Å²) in [6, 6.07) is 20.1.